The zero-order valence-corrected chi connectivity index (χ0v) is 15.2. The van der Waals surface area contributed by atoms with Crippen LogP contribution in [-0.4, -0.2) is 19.9 Å². The van der Waals surface area contributed by atoms with Crippen LogP contribution in [0.15, 0.2) is 38.0 Å². The second-order valence-corrected chi connectivity index (χ2v) is 6.48. The third kappa shape index (κ3) is 2.70. The SMILES string of the molecule is Cc1oc(-c2cccc(Cl)c2)nc1Cn1nc(C)c2c(C)onc2c1=O. The first-order chi connectivity index (χ1) is 12.4. The van der Waals surface area contributed by atoms with E-state index in [2.05, 4.69) is 15.2 Å². The Kier molecular flexibility index (Phi) is 3.88. The van der Waals surface area contributed by atoms with Crippen LogP contribution in [-0.2, 0) is 6.54 Å². The zero-order valence-electron chi connectivity index (χ0n) is 14.4. The maximum atomic E-state index is 12.6. The van der Waals surface area contributed by atoms with Gasteiger partial charge in [-0.25, -0.2) is 9.67 Å². The van der Waals surface area contributed by atoms with Crippen LogP contribution in [0, 0.1) is 20.8 Å². The Bertz CT molecular complexity index is 1190. The van der Waals surface area contributed by atoms with Crippen LogP contribution in [0.2, 0.25) is 5.02 Å². The minimum Gasteiger partial charge on any atom is -0.441 e. The van der Waals surface area contributed by atoms with Gasteiger partial charge in [0.2, 0.25) is 5.89 Å². The van der Waals surface area contributed by atoms with Gasteiger partial charge in [-0.2, -0.15) is 5.10 Å². The van der Waals surface area contributed by atoms with Crippen LogP contribution in [0.4, 0.5) is 0 Å². The van der Waals surface area contributed by atoms with Crippen LogP contribution >= 0.6 is 11.6 Å². The molecule has 0 aliphatic carbocycles. The molecule has 0 saturated heterocycles. The molecule has 4 rings (SSSR count). The molecule has 4 aromatic rings. The fourth-order valence-corrected chi connectivity index (χ4v) is 3.10. The van der Waals surface area contributed by atoms with E-state index in [1.54, 1.807) is 26.0 Å². The molecule has 3 aromatic heterocycles. The molecule has 0 fully saturated rings. The van der Waals surface area contributed by atoms with Crippen molar-refractivity contribution in [2.75, 3.05) is 0 Å². The van der Waals surface area contributed by atoms with E-state index in [0.29, 0.717) is 39.2 Å². The Hall–Kier alpha value is -2.93. The number of halogens is 1. The van der Waals surface area contributed by atoms with E-state index < -0.39 is 0 Å². The smallest absolute Gasteiger partial charge is 0.297 e. The Morgan fingerprint density at radius 3 is 2.77 bits per heavy atom. The molecule has 26 heavy (non-hydrogen) atoms. The fraction of sp³-hybridized carbons (Fsp3) is 0.222. The van der Waals surface area contributed by atoms with Crippen molar-refractivity contribution in [3.8, 4) is 11.5 Å². The molecule has 132 valence electrons. The van der Waals surface area contributed by atoms with Crippen molar-refractivity contribution in [3.05, 3.63) is 62.6 Å². The molecule has 0 N–H and O–H groups in total. The lowest BCUT2D eigenvalue weighted by Crippen LogP contribution is -2.25. The summed E-state index contributed by atoms with van der Waals surface area (Å²) in [4.78, 5) is 17.1. The van der Waals surface area contributed by atoms with E-state index in [1.807, 2.05) is 19.1 Å². The molecule has 0 aliphatic rings. The standard InChI is InChI=1S/C18H15ClN4O3/c1-9-15-11(3)26-22-16(15)18(24)23(21-9)8-14-10(2)25-17(20-14)12-5-4-6-13(19)7-12/h4-7H,8H2,1-3H3. The number of aromatic nitrogens is 4. The van der Waals surface area contributed by atoms with Gasteiger partial charge < -0.3 is 8.94 Å². The van der Waals surface area contributed by atoms with Gasteiger partial charge in [0.25, 0.3) is 5.56 Å². The maximum absolute atomic E-state index is 12.6. The van der Waals surface area contributed by atoms with Crippen molar-refractivity contribution in [2.24, 2.45) is 0 Å². The number of hydrogen-bond acceptors (Lipinski definition) is 6. The number of benzene rings is 1. The summed E-state index contributed by atoms with van der Waals surface area (Å²) in [5.74, 6) is 1.64. The third-order valence-corrected chi connectivity index (χ3v) is 4.43. The van der Waals surface area contributed by atoms with Crippen LogP contribution in [0.25, 0.3) is 22.4 Å². The van der Waals surface area contributed by atoms with Crippen LogP contribution in [0.1, 0.15) is 22.9 Å². The Labute approximate surface area is 153 Å². The van der Waals surface area contributed by atoms with Crippen molar-refractivity contribution in [1.29, 1.82) is 0 Å². The van der Waals surface area contributed by atoms with E-state index in [1.165, 1.54) is 4.68 Å². The number of nitrogens with zero attached hydrogens (tertiary/aromatic N) is 4. The van der Waals surface area contributed by atoms with Crippen molar-refractivity contribution in [1.82, 2.24) is 19.9 Å². The number of aryl methyl sites for hydroxylation is 3. The van der Waals surface area contributed by atoms with Gasteiger partial charge in [-0.1, -0.05) is 22.8 Å². The molecule has 0 unspecified atom stereocenters. The highest BCUT2D eigenvalue weighted by atomic mass is 35.5. The molecule has 0 saturated carbocycles. The van der Waals surface area contributed by atoms with Gasteiger partial charge in [0, 0.05) is 10.6 Å². The van der Waals surface area contributed by atoms with Crippen LogP contribution in [0.3, 0.4) is 0 Å². The molecule has 0 aliphatic heterocycles. The van der Waals surface area contributed by atoms with Gasteiger partial charge in [0.15, 0.2) is 5.52 Å². The van der Waals surface area contributed by atoms with Gasteiger partial charge in [0.1, 0.15) is 17.2 Å². The average molecular weight is 371 g/mol. The normalized spacial score (nSPS) is 11.4. The van der Waals surface area contributed by atoms with Crippen molar-refractivity contribution in [2.45, 2.75) is 27.3 Å². The minimum atomic E-state index is -0.325. The van der Waals surface area contributed by atoms with Crippen molar-refractivity contribution < 1.29 is 8.94 Å². The molecule has 1 aromatic carbocycles. The summed E-state index contributed by atoms with van der Waals surface area (Å²) >= 11 is 6.03. The van der Waals surface area contributed by atoms with Crippen molar-refractivity contribution in [3.63, 3.8) is 0 Å². The highest BCUT2D eigenvalue weighted by molar-refractivity contribution is 6.30. The summed E-state index contributed by atoms with van der Waals surface area (Å²) in [6.45, 7) is 5.55. The van der Waals surface area contributed by atoms with E-state index in [0.717, 1.165) is 5.56 Å². The van der Waals surface area contributed by atoms with Gasteiger partial charge in [-0.15, -0.1) is 0 Å². The summed E-state index contributed by atoms with van der Waals surface area (Å²) in [5, 5.41) is 9.48. The van der Waals surface area contributed by atoms with Crippen molar-refractivity contribution >= 4 is 22.5 Å². The van der Waals surface area contributed by atoms with Gasteiger partial charge in [-0.3, -0.25) is 4.79 Å². The zero-order chi connectivity index (χ0) is 18.4. The number of oxazole rings is 1. The molecule has 3 heterocycles. The lowest BCUT2D eigenvalue weighted by molar-refractivity contribution is 0.405. The molecule has 0 spiro atoms. The lowest BCUT2D eigenvalue weighted by atomic mass is 10.2. The van der Waals surface area contributed by atoms with Gasteiger partial charge >= 0.3 is 0 Å². The quantitative estimate of drug-likeness (QED) is 0.547. The van der Waals surface area contributed by atoms with E-state index >= 15 is 0 Å². The Morgan fingerprint density at radius 1 is 1.19 bits per heavy atom. The predicted octanol–water partition coefficient (Wildman–Crippen LogP) is 3.67. The summed E-state index contributed by atoms with van der Waals surface area (Å²) in [7, 11) is 0. The number of hydrogen-bond donors (Lipinski definition) is 0. The molecular formula is C18H15ClN4O3. The topological polar surface area (TPSA) is 86.9 Å². The molecule has 0 atom stereocenters. The largest absolute Gasteiger partial charge is 0.441 e. The summed E-state index contributed by atoms with van der Waals surface area (Å²) in [6, 6.07) is 7.24. The van der Waals surface area contributed by atoms with Crippen LogP contribution < -0.4 is 5.56 Å². The first kappa shape index (κ1) is 16.5. The Morgan fingerprint density at radius 2 is 2.00 bits per heavy atom. The third-order valence-electron chi connectivity index (χ3n) is 4.20. The molecule has 0 amide bonds. The molecular weight excluding hydrogens is 356 g/mol. The second kappa shape index (κ2) is 6.10. The summed E-state index contributed by atoms with van der Waals surface area (Å²) in [6.07, 6.45) is 0. The Balaban J connectivity index is 1.76. The fourth-order valence-electron chi connectivity index (χ4n) is 2.91. The van der Waals surface area contributed by atoms with E-state index in [9.17, 15) is 4.79 Å². The number of rotatable bonds is 3. The van der Waals surface area contributed by atoms with Crippen LogP contribution in [0.5, 0.6) is 0 Å². The minimum absolute atomic E-state index is 0.178. The molecule has 7 nitrogen and oxygen atoms in total. The first-order valence-corrected chi connectivity index (χ1v) is 8.38. The molecule has 0 radical (unpaired) electrons. The second-order valence-electron chi connectivity index (χ2n) is 6.04. The maximum Gasteiger partial charge on any atom is 0.297 e. The summed E-state index contributed by atoms with van der Waals surface area (Å²) in [5.41, 5.74) is 2.01. The predicted molar refractivity (Wildman–Crippen MR) is 96.3 cm³/mol. The van der Waals surface area contributed by atoms with Gasteiger partial charge in [0.05, 0.1) is 17.6 Å². The highest BCUT2D eigenvalue weighted by Crippen LogP contribution is 2.24. The lowest BCUT2D eigenvalue weighted by Gasteiger charge is -2.04. The number of fused-ring (bicyclic) bond motifs is 1. The summed E-state index contributed by atoms with van der Waals surface area (Å²) < 4.78 is 12.2. The highest BCUT2D eigenvalue weighted by Gasteiger charge is 2.18. The first-order valence-electron chi connectivity index (χ1n) is 8.00. The van der Waals surface area contributed by atoms with E-state index in [-0.39, 0.29) is 17.6 Å². The monoisotopic (exact) mass is 370 g/mol. The van der Waals surface area contributed by atoms with E-state index in [4.69, 9.17) is 20.5 Å². The van der Waals surface area contributed by atoms with Gasteiger partial charge in [-0.05, 0) is 39.0 Å². The average Bonchev–Trinajstić information content (AvgIpc) is 3.16. The molecule has 8 heteroatoms. The molecule has 0 bridgehead atoms.